The maximum atomic E-state index is 13.0. The third-order valence-corrected chi connectivity index (χ3v) is 11.8. The van der Waals surface area contributed by atoms with Crippen molar-refractivity contribution in [1.82, 2.24) is 15.2 Å². The predicted molar refractivity (Wildman–Crippen MR) is 144 cm³/mol. The summed E-state index contributed by atoms with van der Waals surface area (Å²) in [4.78, 5) is 95.6. The molecule has 232 valence electrons. The number of thioether (sulfide) groups is 1. The van der Waals surface area contributed by atoms with Gasteiger partial charge >= 0.3 is 27.1 Å². The Morgan fingerprint density at radius 2 is 1.88 bits per heavy atom. The molecule has 1 saturated heterocycles. The summed E-state index contributed by atoms with van der Waals surface area (Å²) in [6.45, 7) is 0.284. The largest absolute Gasteiger partial charge is 0.477 e. The van der Waals surface area contributed by atoms with E-state index in [4.69, 9.17) is 9.57 Å². The SMILES string of the molecule is CO/N=C(\C(=O)N[C@@H]1C(=O)N2C(C(=O)O)=C(COC(C)=O)CS[C@H]12)c1csc(NCCC(O)(P(=O)(O)O)P(=O)(O)O)n1. The molecular weight excluding hydrogens is 648 g/mol. The van der Waals surface area contributed by atoms with Crippen LogP contribution in [0.5, 0.6) is 0 Å². The van der Waals surface area contributed by atoms with E-state index < -0.39 is 74.1 Å². The first-order chi connectivity index (χ1) is 19.4. The van der Waals surface area contributed by atoms with Gasteiger partial charge in [0, 0.05) is 36.6 Å². The molecule has 19 nitrogen and oxygen atoms in total. The van der Waals surface area contributed by atoms with Gasteiger partial charge in [0.1, 0.15) is 36.5 Å². The number of carbonyl (C=O) groups is 4. The van der Waals surface area contributed by atoms with Gasteiger partial charge in [-0.3, -0.25) is 28.4 Å². The van der Waals surface area contributed by atoms with E-state index in [0.29, 0.717) is 0 Å². The number of hydrogen-bond acceptors (Lipinski definition) is 14. The lowest BCUT2D eigenvalue weighted by atomic mass is 10.0. The van der Waals surface area contributed by atoms with Crippen LogP contribution in [-0.2, 0) is 37.9 Å². The van der Waals surface area contributed by atoms with Gasteiger partial charge < -0.3 is 50.0 Å². The molecule has 2 atom stereocenters. The smallest absolute Gasteiger partial charge is 0.369 e. The molecular formula is C19H25N5O14P2S2. The number of esters is 1. The lowest BCUT2D eigenvalue weighted by molar-refractivity contribution is -0.150. The second kappa shape index (κ2) is 12.8. The predicted octanol–water partition coefficient (Wildman–Crippen LogP) is -1.40. The number of fused-ring (bicyclic) bond motifs is 1. The highest BCUT2D eigenvalue weighted by molar-refractivity contribution is 8.00. The zero-order chi connectivity index (χ0) is 31.6. The average Bonchev–Trinajstić information content (AvgIpc) is 3.35. The molecule has 3 rings (SSSR count). The van der Waals surface area contributed by atoms with Crippen molar-refractivity contribution in [2.75, 3.05) is 31.3 Å². The molecule has 0 aromatic carbocycles. The number of carboxylic acids is 1. The van der Waals surface area contributed by atoms with E-state index in [0.717, 1.165) is 42.0 Å². The lowest BCUT2D eigenvalue weighted by Crippen LogP contribution is -2.71. The fourth-order valence-corrected chi connectivity index (χ4v) is 7.97. The van der Waals surface area contributed by atoms with E-state index >= 15 is 0 Å². The van der Waals surface area contributed by atoms with E-state index in [1.54, 1.807) is 0 Å². The van der Waals surface area contributed by atoms with Gasteiger partial charge in [-0.2, -0.15) is 0 Å². The van der Waals surface area contributed by atoms with Gasteiger partial charge in [-0.1, -0.05) is 5.16 Å². The van der Waals surface area contributed by atoms with Crippen molar-refractivity contribution in [3.05, 3.63) is 22.3 Å². The van der Waals surface area contributed by atoms with Crippen LogP contribution in [0.15, 0.2) is 21.8 Å². The Hall–Kier alpha value is -2.87. The summed E-state index contributed by atoms with van der Waals surface area (Å²) in [5, 5.41) is 25.1. The molecule has 23 heteroatoms. The monoisotopic (exact) mass is 673 g/mol. The molecule has 2 aliphatic rings. The fourth-order valence-electron chi connectivity index (χ4n) is 3.75. The Kier molecular flexibility index (Phi) is 10.2. The number of nitrogens with zero attached hydrogens (tertiary/aromatic N) is 3. The van der Waals surface area contributed by atoms with E-state index in [9.17, 15) is 58.1 Å². The van der Waals surface area contributed by atoms with Crippen LogP contribution in [0.1, 0.15) is 19.0 Å². The van der Waals surface area contributed by atoms with Crippen LogP contribution in [0.2, 0.25) is 0 Å². The second-order valence-electron chi connectivity index (χ2n) is 8.60. The minimum atomic E-state index is -5.65. The molecule has 2 amide bonds. The van der Waals surface area contributed by atoms with Gasteiger partial charge in [-0.15, -0.1) is 23.1 Å². The maximum Gasteiger partial charge on any atom is 0.369 e. The molecule has 3 heterocycles. The summed E-state index contributed by atoms with van der Waals surface area (Å²) in [7, 11) is -10.2. The van der Waals surface area contributed by atoms with Crippen molar-refractivity contribution >= 4 is 72.9 Å². The number of rotatable bonds is 13. The van der Waals surface area contributed by atoms with Crippen molar-refractivity contribution in [2.45, 2.75) is 29.8 Å². The van der Waals surface area contributed by atoms with Crippen LogP contribution in [-0.4, -0.2) is 112 Å². The molecule has 0 unspecified atom stereocenters. The zero-order valence-corrected chi connectivity index (χ0v) is 25.0. The van der Waals surface area contributed by atoms with Crippen LogP contribution in [0, 0.1) is 0 Å². The first-order valence-electron chi connectivity index (χ1n) is 11.4. The molecule has 42 heavy (non-hydrogen) atoms. The number of nitrogens with one attached hydrogen (secondary N) is 2. The summed E-state index contributed by atoms with van der Waals surface area (Å²) in [5.74, 6) is -3.59. The minimum absolute atomic E-state index is 0.00524. The van der Waals surface area contributed by atoms with E-state index in [1.165, 1.54) is 5.38 Å². The van der Waals surface area contributed by atoms with Gasteiger partial charge in [-0.05, 0) is 0 Å². The first kappa shape index (κ1) is 33.6. The number of amides is 2. The van der Waals surface area contributed by atoms with Crippen molar-refractivity contribution in [3.63, 3.8) is 0 Å². The number of carboxylic acid groups (broad SMARTS) is 1. The number of anilines is 1. The van der Waals surface area contributed by atoms with Crippen molar-refractivity contribution in [3.8, 4) is 0 Å². The first-order valence-corrected chi connectivity index (χ1v) is 16.6. The Labute approximate surface area is 244 Å². The molecule has 0 saturated carbocycles. The number of aliphatic carboxylic acids is 1. The van der Waals surface area contributed by atoms with Crippen LogP contribution in [0.3, 0.4) is 0 Å². The van der Waals surface area contributed by atoms with Crippen molar-refractivity contribution < 1.29 is 67.7 Å². The molecule has 0 spiro atoms. The number of β-lactam (4-membered cyclic amide) rings is 1. The van der Waals surface area contributed by atoms with Crippen LogP contribution in [0.4, 0.5) is 5.13 Å². The molecule has 0 bridgehead atoms. The summed E-state index contributed by atoms with van der Waals surface area (Å²) < 4.78 is 27.9. The topological polar surface area (TPSA) is 295 Å². The fraction of sp³-hybridized carbons (Fsp3) is 0.474. The zero-order valence-electron chi connectivity index (χ0n) is 21.6. The molecule has 1 aromatic heterocycles. The molecule has 1 aromatic rings. The minimum Gasteiger partial charge on any atom is -0.477 e. The average molecular weight is 674 g/mol. The van der Waals surface area contributed by atoms with Crippen LogP contribution >= 0.6 is 38.3 Å². The van der Waals surface area contributed by atoms with Crippen LogP contribution < -0.4 is 10.6 Å². The van der Waals surface area contributed by atoms with Gasteiger partial charge in [0.05, 0.1) is 0 Å². The molecule has 2 aliphatic heterocycles. The van der Waals surface area contributed by atoms with Gasteiger partial charge in [0.15, 0.2) is 10.8 Å². The summed E-state index contributed by atoms with van der Waals surface area (Å²) >= 11 is 2.00. The Morgan fingerprint density at radius 1 is 1.24 bits per heavy atom. The highest BCUT2D eigenvalue weighted by atomic mass is 32.2. The summed E-state index contributed by atoms with van der Waals surface area (Å²) in [5.41, 5.74) is -0.626. The number of thiazole rings is 1. The van der Waals surface area contributed by atoms with Crippen molar-refractivity contribution in [2.24, 2.45) is 5.16 Å². The van der Waals surface area contributed by atoms with E-state index in [-0.39, 0.29) is 34.5 Å². The Balaban J connectivity index is 1.70. The molecule has 0 radical (unpaired) electrons. The number of oxime groups is 1. The second-order valence-corrected chi connectivity index (χ2v) is 14.6. The third-order valence-electron chi connectivity index (χ3n) is 5.80. The quantitative estimate of drug-likeness (QED) is 0.0392. The van der Waals surface area contributed by atoms with Gasteiger partial charge in [0.25, 0.3) is 16.9 Å². The highest BCUT2D eigenvalue weighted by Crippen LogP contribution is 2.68. The number of ether oxygens (including phenoxy) is 1. The number of aromatic nitrogens is 1. The Bertz CT molecular complexity index is 1410. The summed E-state index contributed by atoms with van der Waals surface area (Å²) in [6.07, 6.45) is -1.06. The Morgan fingerprint density at radius 3 is 2.43 bits per heavy atom. The molecule has 1 fully saturated rings. The number of carbonyl (C=O) groups excluding carboxylic acids is 3. The standard InChI is InChI=1S/C19H25N5O14P2S2/c1-8(25)38-5-9-6-41-16-12(15(27)24(16)13(9)17(28)29)22-14(26)11(23-37-2)10-7-42-18(21-10)20-4-3-19(30,39(31,32)33)40(34,35)36/h7,12,16,30H,3-6H2,1-2H3,(H,20,21)(H,22,26)(H,28,29)(H2,31,32,33)(H2,34,35,36)/b23-11-/t12-,16-/m1/s1. The number of aliphatic hydroxyl groups is 1. The van der Waals surface area contributed by atoms with Gasteiger partial charge in [-0.25, -0.2) is 9.78 Å². The third kappa shape index (κ3) is 6.85. The normalized spacial score (nSPS) is 19.5. The van der Waals surface area contributed by atoms with Crippen LogP contribution in [0.25, 0.3) is 0 Å². The maximum absolute atomic E-state index is 13.0. The molecule has 0 aliphatic carbocycles. The van der Waals surface area contributed by atoms with Gasteiger partial charge in [0.2, 0.25) is 0 Å². The van der Waals surface area contributed by atoms with Crippen molar-refractivity contribution in [1.29, 1.82) is 0 Å². The highest BCUT2D eigenvalue weighted by Gasteiger charge is 2.59. The summed E-state index contributed by atoms with van der Waals surface area (Å²) in [6, 6.07) is -1.15. The van der Waals surface area contributed by atoms with E-state index in [2.05, 4.69) is 20.8 Å². The molecule has 8 N–H and O–H groups in total. The number of hydrogen-bond donors (Lipinski definition) is 8. The lowest BCUT2D eigenvalue weighted by Gasteiger charge is -2.49. The van der Waals surface area contributed by atoms with E-state index in [1.807, 2.05) is 0 Å².